The molecule has 1 unspecified atom stereocenters. The predicted molar refractivity (Wildman–Crippen MR) is 62.6 cm³/mol. The van der Waals surface area contributed by atoms with Crippen LogP contribution in [-0.2, 0) is 0 Å². The number of benzene rings is 1. The molecule has 2 nitrogen and oxygen atoms in total. The van der Waals surface area contributed by atoms with Crippen LogP contribution in [0.15, 0.2) is 24.3 Å². The summed E-state index contributed by atoms with van der Waals surface area (Å²) < 4.78 is 43.7. The van der Waals surface area contributed by atoms with Crippen molar-refractivity contribution in [2.45, 2.75) is 37.5 Å². The van der Waals surface area contributed by atoms with Crippen LogP contribution < -0.4 is 10.1 Å². The number of hydrogen-bond acceptors (Lipinski definition) is 2. The number of nitrogens with one attached hydrogen (secondary N) is 1. The molecule has 0 amide bonds. The van der Waals surface area contributed by atoms with Gasteiger partial charge in [-0.3, -0.25) is 5.32 Å². The Labute approximate surface area is 104 Å². The van der Waals surface area contributed by atoms with Gasteiger partial charge in [-0.25, -0.2) is 0 Å². The second-order valence-electron chi connectivity index (χ2n) is 4.69. The van der Waals surface area contributed by atoms with Crippen LogP contribution in [0.2, 0.25) is 0 Å². The summed E-state index contributed by atoms with van der Waals surface area (Å²) in [5.74, 6) is 0.607. The van der Waals surface area contributed by atoms with Crippen molar-refractivity contribution in [3.63, 3.8) is 0 Å². The number of halogens is 3. The molecule has 100 valence electrons. The number of methoxy groups -OCH3 is 1. The van der Waals surface area contributed by atoms with Gasteiger partial charge in [0.15, 0.2) is 0 Å². The fourth-order valence-corrected chi connectivity index (χ4v) is 2.15. The van der Waals surface area contributed by atoms with E-state index in [1.807, 2.05) is 0 Å². The summed E-state index contributed by atoms with van der Waals surface area (Å²) in [4.78, 5) is 0. The summed E-state index contributed by atoms with van der Waals surface area (Å²) >= 11 is 0. The second kappa shape index (κ2) is 4.46. The third-order valence-corrected chi connectivity index (χ3v) is 3.39. The van der Waals surface area contributed by atoms with Crippen molar-refractivity contribution in [1.29, 1.82) is 0 Å². The number of ether oxygens (including phenoxy) is 1. The van der Waals surface area contributed by atoms with E-state index in [4.69, 9.17) is 4.74 Å². The molecule has 0 heterocycles. The maximum absolute atomic E-state index is 12.9. The largest absolute Gasteiger partial charge is 0.496 e. The van der Waals surface area contributed by atoms with Crippen LogP contribution in [0.3, 0.4) is 0 Å². The molecule has 1 aliphatic carbocycles. The molecule has 0 aromatic heterocycles. The standard InChI is InChI=1S/C13H16F3NO/c1-9(10-5-3-4-6-11(10)18-2)17-12(7-8-12)13(14,15)16/h3-6,9,17H,7-8H2,1-2H3. The minimum absolute atomic E-state index is 0.149. The molecule has 18 heavy (non-hydrogen) atoms. The summed E-state index contributed by atoms with van der Waals surface area (Å²) in [5.41, 5.74) is -0.955. The van der Waals surface area contributed by atoms with Crippen molar-refractivity contribution in [3.05, 3.63) is 29.8 Å². The first-order chi connectivity index (χ1) is 8.39. The summed E-state index contributed by atoms with van der Waals surface area (Å²) in [7, 11) is 1.52. The Hall–Kier alpha value is -1.23. The molecule has 0 aliphatic heterocycles. The Kier molecular flexibility index (Phi) is 3.27. The highest BCUT2D eigenvalue weighted by Crippen LogP contribution is 2.50. The molecule has 1 aromatic rings. The molecular weight excluding hydrogens is 243 g/mol. The molecule has 1 fully saturated rings. The molecule has 1 saturated carbocycles. The first-order valence-electron chi connectivity index (χ1n) is 5.87. The van der Waals surface area contributed by atoms with E-state index in [0.717, 1.165) is 5.56 Å². The van der Waals surface area contributed by atoms with E-state index in [0.29, 0.717) is 5.75 Å². The Bertz CT molecular complexity index is 426. The SMILES string of the molecule is COc1ccccc1C(C)NC1(C(F)(F)F)CC1. The van der Waals surface area contributed by atoms with E-state index < -0.39 is 17.8 Å². The molecule has 0 radical (unpaired) electrons. The molecule has 1 aliphatic rings. The van der Waals surface area contributed by atoms with E-state index in [1.165, 1.54) is 7.11 Å². The Morgan fingerprint density at radius 3 is 2.39 bits per heavy atom. The number of alkyl halides is 3. The predicted octanol–water partition coefficient (Wildman–Crippen LogP) is 3.44. The smallest absolute Gasteiger partial charge is 0.406 e. The highest BCUT2D eigenvalue weighted by atomic mass is 19.4. The molecule has 1 aromatic carbocycles. The first kappa shape index (κ1) is 13.2. The molecule has 1 N–H and O–H groups in total. The van der Waals surface area contributed by atoms with Gasteiger partial charge in [0.2, 0.25) is 0 Å². The van der Waals surface area contributed by atoms with Gasteiger partial charge in [-0.2, -0.15) is 13.2 Å². The number of hydrogen-bond donors (Lipinski definition) is 1. The van der Waals surface area contributed by atoms with Gasteiger partial charge in [0.25, 0.3) is 0 Å². The lowest BCUT2D eigenvalue weighted by Gasteiger charge is -2.26. The van der Waals surface area contributed by atoms with E-state index in [-0.39, 0.29) is 12.8 Å². The van der Waals surface area contributed by atoms with Gasteiger partial charge in [0, 0.05) is 11.6 Å². The first-order valence-corrected chi connectivity index (χ1v) is 5.87. The maximum Gasteiger partial charge on any atom is 0.406 e. The van der Waals surface area contributed by atoms with Gasteiger partial charge < -0.3 is 4.74 Å². The van der Waals surface area contributed by atoms with Crippen molar-refractivity contribution in [3.8, 4) is 5.75 Å². The topological polar surface area (TPSA) is 21.3 Å². The Morgan fingerprint density at radius 2 is 1.89 bits per heavy atom. The zero-order valence-electron chi connectivity index (χ0n) is 10.3. The summed E-state index contributed by atoms with van der Waals surface area (Å²) in [6, 6.07) is 6.73. The zero-order valence-corrected chi connectivity index (χ0v) is 10.3. The van der Waals surface area contributed by atoms with Crippen LogP contribution in [0, 0.1) is 0 Å². The fourth-order valence-electron chi connectivity index (χ4n) is 2.15. The molecule has 0 bridgehead atoms. The van der Waals surface area contributed by atoms with Crippen LogP contribution in [0.5, 0.6) is 5.75 Å². The summed E-state index contributed by atoms with van der Waals surface area (Å²) in [6.07, 6.45) is -3.89. The van der Waals surface area contributed by atoms with Gasteiger partial charge in [0.05, 0.1) is 7.11 Å². The third-order valence-electron chi connectivity index (χ3n) is 3.39. The highest BCUT2D eigenvalue weighted by molar-refractivity contribution is 5.36. The van der Waals surface area contributed by atoms with Gasteiger partial charge in [-0.15, -0.1) is 0 Å². The average Bonchev–Trinajstić information content (AvgIpc) is 3.09. The van der Waals surface area contributed by atoms with Crippen molar-refractivity contribution in [2.24, 2.45) is 0 Å². The van der Waals surface area contributed by atoms with Crippen LogP contribution in [-0.4, -0.2) is 18.8 Å². The van der Waals surface area contributed by atoms with E-state index in [1.54, 1.807) is 31.2 Å². The minimum Gasteiger partial charge on any atom is -0.496 e. The molecule has 0 saturated heterocycles. The normalized spacial score (nSPS) is 19.4. The van der Waals surface area contributed by atoms with Gasteiger partial charge in [-0.05, 0) is 25.8 Å². The maximum atomic E-state index is 12.9. The van der Waals surface area contributed by atoms with Crippen molar-refractivity contribution in [2.75, 3.05) is 7.11 Å². The third kappa shape index (κ3) is 2.32. The minimum atomic E-state index is -4.19. The van der Waals surface area contributed by atoms with Crippen LogP contribution in [0.1, 0.15) is 31.4 Å². The fraction of sp³-hybridized carbons (Fsp3) is 0.538. The molecule has 0 spiro atoms. The quantitative estimate of drug-likeness (QED) is 0.894. The van der Waals surface area contributed by atoms with E-state index in [9.17, 15) is 13.2 Å². The Morgan fingerprint density at radius 1 is 1.28 bits per heavy atom. The number of rotatable bonds is 4. The monoisotopic (exact) mass is 259 g/mol. The average molecular weight is 259 g/mol. The van der Waals surface area contributed by atoms with E-state index in [2.05, 4.69) is 5.32 Å². The van der Waals surface area contributed by atoms with Gasteiger partial charge >= 0.3 is 6.18 Å². The highest BCUT2D eigenvalue weighted by Gasteiger charge is 2.63. The lowest BCUT2D eigenvalue weighted by Crippen LogP contribution is -2.45. The van der Waals surface area contributed by atoms with Crippen molar-refractivity contribution >= 4 is 0 Å². The van der Waals surface area contributed by atoms with Crippen LogP contribution in [0.25, 0.3) is 0 Å². The van der Waals surface area contributed by atoms with Crippen LogP contribution >= 0.6 is 0 Å². The second-order valence-corrected chi connectivity index (χ2v) is 4.69. The Balaban J connectivity index is 2.16. The molecule has 2 rings (SSSR count). The lowest BCUT2D eigenvalue weighted by atomic mass is 10.1. The van der Waals surface area contributed by atoms with Crippen molar-refractivity contribution < 1.29 is 17.9 Å². The zero-order chi connectivity index (χ0) is 13.4. The lowest BCUT2D eigenvalue weighted by molar-refractivity contribution is -0.167. The molecule has 5 heteroatoms. The molecular formula is C13H16F3NO. The number of para-hydroxylation sites is 1. The van der Waals surface area contributed by atoms with Crippen molar-refractivity contribution in [1.82, 2.24) is 5.32 Å². The van der Waals surface area contributed by atoms with E-state index >= 15 is 0 Å². The summed E-state index contributed by atoms with van der Waals surface area (Å²) in [6.45, 7) is 1.73. The van der Waals surface area contributed by atoms with Crippen LogP contribution in [0.4, 0.5) is 13.2 Å². The molecule has 1 atom stereocenters. The van der Waals surface area contributed by atoms with Gasteiger partial charge in [-0.1, -0.05) is 18.2 Å². The summed E-state index contributed by atoms with van der Waals surface area (Å²) in [5, 5.41) is 2.69. The van der Waals surface area contributed by atoms with Gasteiger partial charge in [0.1, 0.15) is 11.3 Å².